The van der Waals surface area contributed by atoms with Crippen molar-refractivity contribution in [2.75, 3.05) is 6.61 Å². The van der Waals surface area contributed by atoms with Crippen LogP contribution in [-0.4, -0.2) is 62.3 Å². The number of fused-ring (bicyclic) bond motifs is 1. The minimum atomic E-state index is -2.03. The molecular weight excluding hydrogens is 308 g/mol. The molecule has 8 nitrogen and oxygen atoms in total. The maximum Gasteiger partial charge on any atom is 0.336 e. The largest absolute Gasteiger partial charge is 0.423 e. The van der Waals surface area contributed by atoms with Crippen molar-refractivity contribution in [1.29, 1.82) is 0 Å². The molecular formula is C15H16O8. The fraction of sp³-hybridized carbons (Fsp3) is 0.333. The van der Waals surface area contributed by atoms with E-state index in [-0.39, 0.29) is 11.1 Å². The van der Waals surface area contributed by atoms with E-state index in [0.29, 0.717) is 5.39 Å². The molecule has 1 aromatic heterocycles. The molecule has 5 N–H and O–H groups in total. The molecule has 8 heteroatoms. The Balaban J connectivity index is 2.27. The number of ketones is 1. The van der Waals surface area contributed by atoms with Gasteiger partial charge in [0.15, 0.2) is 5.78 Å². The summed E-state index contributed by atoms with van der Waals surface area (Å²) in [5.74, 6) is -0.935. The average molecular weight is 324 g/mol. The zero-order chi connectivity index (χ0) is 17.1. The van der Waals surface area contributed by atoms with E-state index >= 15 is 0 Å². The third-order valence-corrected chi connectivity index (χ3v) is 3.43. The molecule has 0 spiro atoms. The molecule has 23 heavy (non-hydrogen) atoms. The second-order valence-electron chi connectivity index (χ2n) is 5.05. The molecule has 0 amide bonds. The second kappa shape index (κ2) is 6.99. The minimum Gasteiger partial charge on any atom is -0.423 e. The number of hydrogen-bond acceptors (Lipinski definition) is 8. The minimum absolute atomic E-state index is 0.0518. The SMILES string of the molecule is O=C(c1ccc2ccc(=O)oc2c1)[C@H](O)[C@@H](O)[C@@H](O)[C@H](O)CO. The predicted molar refractivity (Wildman–Crippen MR) is 77.9 cm³/mol. The Hall–Kier alpha value is -2.10. The van der Waals surface area contributed by atoms with E-state index in [1.54, 1.807) is 0 Å². The van der Waals surface area contributed by atoms with E-state index in [1.807, 2.05) is 0 Å². The molecule has 4 atom stereocenters. The highest BCUT2D eigenvalue weighted by Gasteiger charge is 2.34. The predicted octanol–water partition coefficient (Wildman–Crippen LogP) is -1.59. The van der Waals surface area contributed by atoms with Gasteiger partial charge in [0.2, 0.25) is 0 Å². The maximum atomic E-state index is 12.1. The second-order valence-corrected chi connectivity index (χ2v) is 5.05. The molecule has 2 aromatic rings. The Labute approximate surface area is 129 Å². The van der Waals surface area contributed by atoms with Crippen LogP contribution in [0.25, 0.3) is 11.0 Å². The van der Waals surface area contributed by atoms with Crippen LogP contribution in [0.1, 0.15) is 10.4 Å². The van der Waals surface area contributed by atoms with Gasteiger partial charge in [-0.05, 0) is 12.1 Å². The molecule has 0 saturated carbocycles. The van der Waals surface area contributed by atoms with Crippen LogP contribution >= 0.6 is 0 Å². The lowest BCUT2D eigenvalue weighted by molar-refractivity contribution is -0.105. The van der Waals surface area contributed by atoms with Gasteiger partial charge in [-0.1, -0.05) is 12.1 Å². The number of hydrogen-bond donors (Lipinski definition) is 5. The molecule has 0 fully saturated rings. The summed E-state index contributed by atoms with van der Waals surface area (Å²) in [5.41, 5.74) is -0.533. The summed E-state index contributed by atoms with van der Waals surface area (Å²) in [6.45, 7) is -0.847. The van der Waals surface area contributed by atoms with Gasteiger partial charge in [0.05, 0.1) is 6.61 Å². The first kappa shape index (κ1) is 17.3. The van der Waals surface area contributed by atoms with Crippen molar-refractivity contribution in [1.82, 2.24) is 0 Å². The number of carbonyl (C=O) groups excluding carboxylic acids is 1. The number of benzene rings is 1. The Bertz CT molecular complexity index is 752. The topological polar surface area (TPSA) is 148 Å². The van der Waals surface area contributed by atoms with Gasteiger partial charge in [-0.2, -0.15) is 0 Å². The van der Waals surface area contributed by atoms with Gasteiger partial charge < -0.3 is 29.9 Å². The first-order valence-electron chi connectivity index (χ1n) is 6.76. The summed E-state index contributed by atoms with van der Waals surface area (Å²) in [4.78, 5) is 23.3. The number of Topliss-reactive ketones (excluding diaryl/α,β-unsaturated/α-hetero) is 1. The summed E-state index contributed by atoms with van der Waals surface area (Å²) in [6.07, 6.45) is -7.64. The first-order chi connectivity index (χ1) is 10.8. The zero-order valence-corrected chi connectivity index (χ0v) is 11.9. The first-order valence-corrected chi connectivity index (χ1v) is 6.76. The molecule has 0 saturated heterocycles. The van der Waals surface area contributed by atoms with Crippen molar-refractivity contribution >= 4 is 16.8 Å². The zero-order valence-electron chi connectivity index (χ0n) is 11.9. The van der Waals surface area contributed by atoms with E-state index < -0.39 is 42.4 Å². The van der Waals surface area contributed by atoms with Gasteiger partial charge >= 0.3 is 5.63 Å². The maximum absolute atomic E-state index is 12.1. The molecule has 0 bridgehead atoms. The van der Waals surface area contributed by atoms with Gasteiger partial charge in [0.25, 0.3) is 0 Å². The van der Waals surface area contributed by atoms with E-state index in [0.717, 1.165) is 0 Å². The summed E-state index contributed by atoms with van der Waals surface area (Å²) in [5, 5.41) is 47.6. The van der Waals surface area contributed by atoms with Crippen molar-refractivity contribution in [2.24, 2.45) is 0 Å². The molecule has 0 unspecified atom stereocenters. The fourth-order valence-electron chi connectivity index (χ4n) is 2.06. The lowest BCUT2D eigenvalue weighted by atomic mass is 9.96. The standard InChI is InChI=1S/C15H16O8/c16-6-9(17)13(20)15(22)14(21)12(19)8-2-1-7-3-4-11(18)23-10(7)5-8/h1-5,9,13-17,20-22H,6H2/t9-,13+,14+,15+/m1/s1. The Morgan fingerprint density at radius 1 is 1.04 bits per heavy atom. The van der Waals surface area contributed by atoms with Gasteiger partial charge in [-0.15, -0.1) is 0 Å². The molecule has 0 aliphatic rings. The van der Waals surface area contributed by atoms with Crippen molar-refractivity contribution in [3.05, 3.63) is 46.3 Å². The Kier molecular flexibility index (Phi) is 5.24. The van der Waals surface area contributed by atoms with Crippen LogP contribution in [0.15, 0.2) is 39.5 Å². The number of aliphatic hydroxyl groups is 5. The van der Waals surface area contributed by atoms with E-state index in [2.05, 4.69) is 0 Å². The summed E-state index contributed by atoms with van der Waals surface area (Å²) in [6, 6.07) is 6.79. The van der Waals surface area contributed by atoms with Crippen LogP contribution in [0.5, 0.6) is 0 Å². The highest BCUT2D eigenvalue weighted by Crippen LogP contribution is 2.17. The monoisotopic (exact) mass is 324 g/mol. The van der Waals surface area contributed by atoms with Crippen LogP contribution in [0, 0.1) is 0 Å². The van der Waals surface area contributed by atoms with E-state index in [4.69, 9.17) is 9.52 Å². The highest BCUT2D eigenvalue weighted by atomic mass is 16.4. The lowest BCUT2D eigenvalue weighted by Gasteiger charge is -2.24. The van der Waals surface area contributed by atoms with Crippen LogP contribution < -0.4 is 5.63 Å². The van der Waals surface area contributed by atoms with Crippen molar-refractivity contribution in [2.45, 2.75) is 24.4 Å². The van der Waals surface area contributed by atoms with Crippen LogP contribution in [-0.2, 0) is 0 Å². The van der Waals surface area contributed by atoms with Crippen LogP contribution in [0.2, 0.25) is 0 Å². The molecule has 2 rings (SSSR count). The van der Waals surface area contributed by atoms with Gasteiger partial charge in [0.1, 0.15) is 30.0 Å². The average Bonchev–Trinajstić information content (AvgIpc) is 2.57. The van der Waals surface area contributed by atoms with E-state index in [1.165, 1.54) is 30.3 Å². The Morgan fingerprint density at radius 3 is 2.35 bits per heavy atom. The Morgan fingerprint density at radius 2 is 1.70 bits per heavy atom. The van der Waals surface area contributed by atoms with Crippen molar-refractivity contribution < 1.29 is 34.7 Å². The van der Waals surface area contributed by atoms with Crippen molar-refractivity contribution in [3.8, 4) is 0 Å². The molecule has 1 heterocycles. The third-order valence-electron chi connectivity index (χ3n) is 3.43. The molecule has 0 aliphatic carbocycles. The normalized spacial score (nSPS) is 16.7. The fourth-order valence-corrected chi connectivity index (χ4v) is 2.06. The van der Waals surface area contributed by atoms with Crippen LogP contribution in [0.4, 0.5) is 0 Å². The number of carbonyl (C=O) groups is 1. The summed E-state index contributed by atoms with van der Waals surface area (Å²) in [7, 11) is 0. The molecule has 1 aromatic carbocycles. The highest BCUT2D eigenvalue weighted by molar-refractivity contribution is 6.02. The third kappa shape index (κ3) is 3.63. The molecule has 0 aliphatic heterocycles. The lowest BCUT2D eigenvalue weighted by Crippen LogP contribution is -2.48. The van der Waals surface area contributed by atoms with Gasteiger partial charge in [0, 0.05) is 17.0 Å². The van der Waals surface area contributed by atoms with Crippen molar-refractivity contribution in [3.63, 3.8) is 0 Å². The number of rotatable bonds is 6. The summed E-state index contributed by atoms with van der Waals surface area (Å²) < 4.78 is 4.92. The molecule has 124 valence electrons. The quantitative estimate of drug-likeness (QED) is 0.315. The van der Waals surface area contributed by atoms with Gasteiger partial charge in [-0.25, -0.2) is 4.79 Å². The summed E-state index contributed by atoms with van der Waals surface area (Å²) >= 11 is 0. The van der Waals surface area contributed by atoms with Gasteiger partial charge in [-0.3, -0.25) is 4.79 Å². The molecule has 0 radical (unpaired) electrons. The van der Waals surface area contributed by atoms with E-state index in [9.17, 15) is 30.0 Å². The van der Waals surface area contributed by atoms with Crippen LogP contribution in [0.3, 0.4) is 0 Å². The smallest absolute Gasteiger partial charge is 0.336 e. The number of aliphatic hydroxyl groups excluding tert-OH is 5.